The second-order valence-corrected chi connectivity index (χ2v) is 28.1. The van der Waals surface area contributed by atoms with Crippen LogP contribution in [-0.2, 0) is 39.8 Å². The fraction of sp³-hybridized carbons (Fsp3) is 0.473. The van der Waals surface area contributed by atoms with E-state index < -0.39 is 30.3 Å². The number of fused-ring (bicyclic) bond motifs is 4. The molecule has 8 heterocycles. The van der Waals surface area contributed by atoms with Crippen molar-refractivity contribution >= 4 is 103 Å². The number of amides is 1. The van der Waals surface area contributed by atoms with Crippen molar-refractivity contribution in [3.05, 3.63) is 97.6 Å². The van der Waals surface area contributed by atoms with Crippen LogP contribution in [-0.4, -0.2) is 225 Å². The number of methoxy groups -OCH3 is 1. The molecule has 0 aliphatic carbocycles. The van der Waals surface area contributed by atoms with Crippen LogP contribution in [0.2, 0.25) is 0 Å². The number of carbonyl (C=O) groups excluding carboxylic acids is 1. The fourth-order valence-corrected chi connectivity index (χ4v) is 14.7. The summed E-state index contributed by atoms with van der Waals surface area (Å²) in [4.78, 5) is 22.7. The highest BCUT2D eigenvalue weighted by Crippen LogP contribution is 2.32. The lowest BCUT2D eigenvalue weighted by Crippen LogP contribution is -2.60. The van der Waals surface area contributed by atoms with Gasteiger partial charge in [-0.05, 0) is 76.2 Å². The molecule has 4 aromatic carbocycles. The summed E-state index contributed by atoms with van der Waals surface area (Å²) >= 11 is 0. The molecule has 12 rings (SSSR count). The lowest BCUT2D eigenvalue weighted by molar-refractivity contribution is -0.134. The van der Waals surface area contributed by atoms with Gasteiger partial charge in [0.15, 0.2) is 0 Å². The molecule has 25 nitrogen and oxygen atoms in total. The van der Waals surface area contributed by atoms with Crippen molar-refractivity contribution in [2.75, 3.05) is 144 Å². The van der Waals surface area contributed by atoms with Crippen LogP contribution in [0.25, 0.3) is 43.6 Å². The van der Waals surface area contributed by atoms with Gasteiger partial charge in [0, 0.05) is 164 Å². The highest BCUT2D eigenvalue weighted by Gasteiger charge is 2.36. The largest absolute Gasteiger partial charge is 0.384 e. The minimum Gasteiger partial charge on any atom is -0.384 e. The van der Waals surface area contributed by atoms with E-state index in [0.29, 0.717) is 78.5 Å². The van der Waals surface area contributed by atoms with E-state index in [2.05, 4.69) is 91.1 Å². The number of hydrogen-bond donors (Lipinski definition) is 5. The maximum atomic E-state index is 12.2. The van der Waals surface area contributed by atoms with Crippen LogP contribution in [0.15, 0.2) is 97.6 Å². The van der Waals surface area contributed by atoms with Crippen LogP contribution in [0.4, 0.5) is 22.7 Å². The SMILES string of the molecule is CC(=O)N1CCN(c2cccc3[nH]ncc23)CC1(C)C.CC(C)S(=O)(=O)N1CCN(c2cccc3[nH]ncc23)CC1.CNS(=O)(=O)N1CCN(c2cccc3[nH]ncc23)CC1.COCCS(=O)(=O)N1CCN(c2cccc3[nH]ncc23)CC1. The normalized spacial score (nSPS) is 17.8. The number of nitrogens with zero attached hydrogens (tertiary/aromatic N) is 12. The van der Waals surface area contributed by atoms with Gasteiger partial charge in [0.05, 0.1) is 70.0 Å². The third-order valence-electron chi connectivity index (χ3n) is 15.7. The van der Waals surface area contributed by atoms with Crippen molar-refractivity contribution in [3.8, 4) is 0 Å². The number of piperazine rings is 4. The molecule has 0 saturated carbocycles. The molecule has 448 valence electrons. The number of ether oxygens (including phenoxy) is 1. The third-order valence-corrected chi connectivity index (χ3v) is 21.4. The van der Waals surface area contributed by atoms with Crippen molar-refractivity contribution in [2.45, 2.75) is 45.4 Å². The summed E-state index contributed by atoms with van der Waals surface area (Å²) in [6, 6.07) is 24.3. The van der Waals surface area contributed by atoms with Crippen molar-refractivity contribution in [2.24, 2.45) is 0 Å². The van der Waals surface area contributed by atoms with Crippen LogP contribution in [0.3, 0.4) is 0 Å². The minimum absolute atomic E-state index is 0.0425. The van der Waals surface area contributed by atoms with Crippen molar-refractivity contribution in [3.63, 3.8) is 0 Å². The highest BCUT2D eigenvalue weighted by atomic mass is 32.2. The Bertz CT molecular complexity index is 3800. The molecule has 83 heavy (non-hydrogen) atoms. The molecule has 4 fully saturated rings. The number of aromatic nitrogens is 8. The maximum absolute atomic E-state index is 12.2. The molecule has 0 spiro atoms. The van der Waals surface area contributed by atoms with E-state index in [-0.39, 0.29) is 29.1 Å². The molecule has 4 aromatic heterocycles. The zero-order valence-corrected chi connectivity index (χ0v) is 50.6. The van der Waals surface area contributed by atoms with E-state index in [4.69, 9.17) is 4.74 Å². The van der Waals surface area contributed by atoms with Gasteiger partial charge in [0.2, 0.25) is 26.0 Å². The number of carbonyl (C=O) groups is 1. The van der Waals surface area contributed by atoms with Gasteiger partial charge in [0.1, 0.15) is 0 Å². The Balaban J connectivity index is 0.000000133. The second-order valence-electron chi connectivity index (χ2n) is 21.6. The average molecular weight is 1200 g/mol. The fourth-order valence-electron chi connectivity index (χ4n) is 11.2. The quantitative estimate of drug-likeness (QED) is 0.114. The predicted molar refractivity (Wildman–Crippen MR) is 327 cm³/mol. The molecular formula is C55H77N17O8S3. The van der Waals surface area contributed by atoms with Crippen LogP contribution < -0.4 is 24.3 Å². The zero-order chi connectivity index (χ0) is 59.1. The molecule has 0 radical (unpaired) electrons. The maximum Gasteiger partial charge on any atom is 0.279 e. The van der Waals surface area contributed by atoms with E-state index in [1.54, 1.807) is 35.6 Å². The van der Waals surface area contributed by atoms with Crippen LogP contribution >= 0.6 is 0 Å². The van der Waals surface area contributed by atoms with Gasteiger partial charge in [0.25, 0.3) is 10.2 Å². The zero-order valence-electron chi connectivity index (χ0n) is 48.2. The summed E-state index contributed by atoms with van der Waals surface area (Å²) in [5, 5.41) is 32.2. The van der Waals surface area contributed by atoms with E-state index >= 15 is 0 Å². The monoisotopic (exact) mass is 1200 g/mol. The number of aromatic amines is 4. The third kappa shape index (κ3) is 13.7. The van der Waals surface area contributed by atoms with Crippen molar-refractivity contribution in [1.29, 1.82) is 0 Å². The van der Waals surface area contributed by atoms with Crippen molar-refractivity contribution in [1.82, 2.24) is 63.3 Å². The number of rotatable bonds is 12. The van der Waals surface area contributed by atoms with E-state index in [1.807, 2.05) is 84.2 Å². The van der Waals surface area contributed by atoms with Crippen LogP contribution in [0.5, 0.6) is 0 Å². The Morgan fingerprint density at radius 2 is 0.892 bits per heavy atom. The topological polar surface area (TPSA) is 281 Å². The van der Waals surface area contributed by atoms with Crippen LogP contribution in [0.1, 0.15) is 34.6 Å². The molecule has 4 aliphatic heterocycles. The van der Waals surface area contributed by atoms with Gasteiger partial charge in [-0.25, -0.2) is 21.6 Å². The Morgan fingerprint density at radius 3 is 1.23 bits per heavy atom. The van der Waals surface area contributed by atoms with E-state index in [9.17, 15) is 30.0 Å². The first-order valence-corrected chi connectivity index (χ1v) is 32.4. The Morgan fingerprint density at radius 1 is 0.542 bits per heavy atom. The molecule has 4 saturated heterocycles. The van der Waals surface area contributed by atoms with Crippen LogP contribution in [0, 0.1) is 0 Å². The van der Waals surface area contributed by atoms with Gasteiger partial charge in [-0.1, -0.05) is 24.3 Å². The number of nitrogens with one attached hydrogen (secondary N) is 5. The number of benzene rings is 4. The van der Waals surface area contributed by atoms with E-state index in [1.165, 1.54) is 24.2 Å². The Labute approximate surface area is 485 Å². The standard InChI is InChI=1S/C15H20N4O.C14H20N4O3S.C14H20N4O2S.C12H17N5O2S/c1-11(20)19-8-7-18(10-15(19,2)3)14-6-4-5-13-12(14)9-16-17-13;1-21-9-10-22(19,20)18-7-5-17(6-8-18)14-4-2-3-13-12(14)11-15-16-13;1-11(2)21(19,20)18-8-6-17(7-9-18)14-5-3-4-13-12(14)10-15-16-13;1-13-20(18,19)17-7-5-16(6-8-17)12-4-2-3-11-10(12)9-14-15-11/h4-6,9H,7-8,10H2,1-3H3,(H,16,17);2-4,11H,5-10H2,1H3,(H,15,16);3-5,10-11H,6-9H2,1-2H3,(H,15,16);2-4,9,13H,5-8H2,1H3,(H,14,15). The first-order chi connectivity index (χ1) is 39.7. The molecule has 1 amide bonds. The van der Waals surface area contributed by atoms with Gasteiger partial charge in [-0.2, -0.15) is 41.7 Å². The van der Waals surface area contributed by atoms with Gasteiger partial charge >= 0.3 is 0 Å². The van der Waals surface area contributed by atoms with E-state index in [0.717, 1.165) is 80.3 Å². The summed E-state index contributed by atoms with van der Waals surface area (Å²) in [6.45, 7) is 19.2. The van der Waals surface area contributed by atoms with Crippen molar-refractivity contribution < 1.29 is 34.8 Å². The summed E-state index contributed by atoms with van der Waals surface area (Å²) in [7, 11) is -6.74. The van der Waals surface area contributed by atoms with Gasteiger partial charge in [-0.3, -0.25) is 25.2 Å². The average Bonchev–Trinajstić information content (AvgIpc) is 4.48. The van der Waals surface area contributed by atoms with Gasteiger partial charge in [-0.15, -0.1) is 0 Å². The number of anilines is 4. The summed E-state index contributed by atoms with van der Waals surface area (Å²) < 4.78 is 84.1. The lowest BCUT2D eigenvalue weighted by atomic mass is 9.97. The number of H-pyrrole nitrogens is 4. The number of hydrogen-bond acceptors (Lipinski definition) is 16. The molecule has 0 unspecified atom stereocenters. The summed E-state index contributed by atoms with van der Waals surface area (Å²) in [6.07, 6.45) is 7.31. The van der Waals surface area contributed by atoms with Gasteiger partial charge < -0.3 is 29.2 Å². The molecular weight excluding hydrogens is 1120 g/mol. The Hall–Kier alpha value is -6.92. The number of sulfonamides is 2. The first kappa shape index (κ1) is 60.7. The highest BCUT2D eigenvalue weighted by molar-refractivity contribution is 7.89. The summed E-state index contributed by atoms with van der Waals surface area (Å²) in [5.74, 6) is 0.192. The Kier molecular flexibility index (Phi) is 18.9. The smallest absolute Gasteiger partial charge is 0.279 e. The molecule has 4 aliphatic rings. The molecule has 0 bridgehead atoms. The minimum atomic E-state index is -3.32. The molecule has 0 atom stereocenters. The molecule has 5 N–H and O–H groups in total. The molecule has 8 aromatic rings. The second kappa shape index (κ2) is 25.9. The summed E-state index contributed by atoms with van der Waals surface area (Å²) in [5.41, 5.74) is 8.38. The first-order valence-electron chi connectivity index (χ1n) is 27.8. The lowest BCUT2D eigenvalue weighted by Gasteiger charge is -2.47. The molecule has 28 heteroatoms. The predicted octanol–water partition coefficient (Wildman–Crippen LogP) is 4.24.